The van der Waals surface area contributed by atoms with Crippen LogP contribution in [0.2, 0.25) is 0 Å². The number of carbonyl (C=O) groups is 1. The number of aromatic nitrogens is 2. The quantitative estimate of drug-likeness (QED) is 0.457. The Balaban J connectivity index is 1.79. The molecular formula is C20H23N3OS2. The van der Waals surface area contributed by atoms with Gasteiger partial charge in [-0.2, -0.15) is 0 Å². The summed E-state index contributed by atoms with van der Waals surface area (Å²) in [6, 6.07) is 8.02. The molecule has 0 aliphatic carbocycles. The van der Waals surface area contributed by atoms with Gasteiger partial charge in [-0.25, -0.2) is 9.97 Å². The first-order valence-electron chi connectivity index (χ1n) is 8.80. The van der Waals surface area contributed by atoms with Gasteiger partial charge in [-0.15, -0.1) is 11.3 Å². The number of benzene rings is 1. The molecule has 136 valence electrons. The second-order valence-corrected chi connectivity index (χ2v) is 8.59. The third kappa shape index (κ3) is 3.91. The molecule has 26 heavy (non-hydrogen) atoms. The summed E-state index contributed by atoms with van der Waals surface area (Å²) in [7, 11) is 0. The van der Waals surface area contributed by atoms with Gasteiger partial charge in [0.2, 0.25) is 5.91 Å². The van der Waals surface area contributed by atoms with Crippen molar-refractivity contribution in [2.24, 2.45) is 0 Å². The molecule has 0 saturated carbocycles. The monoisotopic (exact) mass is 385 g/mol. The van der Waals surface area contributed by atoms with Crippen molar-refractivity contribution in [1.29, 1.82) is 0 Å². The zero-order valence-corrected chi connectivity index (χ0v) is 17.1. The molecule has 1 N–H and O–H groups in total. The Morgan fingerprint density at radius 2 is 1.92 bits per heavy atom. The van der Waals surface area contributed by atoms with Crippen LogP contribution in [0.25, 0.3) is 10.2 Å². The molecule has 0 fully saturated rings. The summed E-state index contributed by atoms with van der Waals surface area (Å²) < 4.78 is 0. The molecule has 0 radical (unpaired) electrons. The fourth-order valence-corrected chi connectivity index (χ4v) is 4.88. The zero-order chi connectivity index (χ0) is 18.7. The molecular weight excluding hydrogens is 362 g/mol. The van der Waals surface area contributed by atoms with Crippen LogP contribution in [-0.4, -0.2) is 21.1 Å². The van der Waals surface area contributed by atoms with Crippen LogP contribution >= 0.6 is 23.1 Å². The van der Waals surface area contributed by atoms with Gasteiger partial charge in [-0.1, -0.05) is 37.7 Å². The maximum Gasteiger partial charge on any atom is 0.237 e. The van der Waals surface area contributed by atoms with Crippen LogP contribution in [-0.2, 0) is 11.2 Å². The minimum absolute atomic E-state index is 0.0121. The van der Waals surface area contributed by atoms with E-state index in [4.69, 9.17) is 0 Å². The molecule has 0 aliphatic heterocycles. The number of aryl methyl sites for hydroxylation is 3. The summed E-state index contributed by atoms with van der Waals surface area (Å²) in [5.41, 5.74) is 3.30. The Bertz CT molecular complexity index is 919. The van der Waals surface area contributed by atoms with Gasteiger partial charge < -0.3 is 5.32 Å². The van der Waals surface area contributed by atoms with Crippen LogP contribution < -0.4 is 5.32 Å². The molecule has 0 spiro atoms. The third-order valence-electron chi connectivity index (χ3n) is 4.48. The first kappa shape index (κ1) is 18.9. The number of thiophene rings is 1. The first-order valence-corrected chi connectivity index (χ1v) is 10.5. The molecule has 6 heteroatoms. The van der Waals surface area contributed by atoms with Crippen LogP contribution in [0.3, 0.4) is 0 Å². The maximum absolute atomic E-state index is 12.8. The Kier molecular flexibility index (Phi) is 5.94. The standard InChI is InChI=1S/C20H23N3OS2/c1-5-14-7-9-15(10-8-14)23-18(24)16(6-2)26-20-17-12(3)13(4)25-19(17)21-11-22-20/h7-11,16H,5-6H2,1-4H3,(H,23,24). The van der Waals surface area contributed by atoms with Crippen LogP contribution in [0, 0.1) is 13.8 Å². The lowest BCUT2D eigenvalue weighted by molar-refractivity contribution is -0.115. The highest BCUT2D eigenvalue weighted by Crippen LogP contribution is 2.36. The predicted octanol–water partition coefficient (Wildman–Crippen LogP) is 5.38. The topological polar surface area (TPSA) is 54.9 Å². The summed E-state index contributed by atoms with van der Waals surface area (Å²) in [5.74, 6) is 0.0121. The largest absolute Gasteiger partial charge is 0.325 e. The highest BCUT2D eigenvalue weighted by atomic mass is 32.2. The van der Waals surface area contributed by atoms with Gasteiger partial charge in [0.25, 0.3) is 0 Å². The number of rotatable bonds is 6. The molecule has 1 aromatic carbocycles. The zero-order valence-electron chi connectivity index (χ0n) is 15.5. The molecule has 3 aromatic rings. The Labute approximate surface area is 162 Å². The maximum atomic E-state index is 12.8. The van der Waals surface area contributed by atoms with Crippen molar-refractivity contribution >= 4 is 44.9 Å². The van der Waals surface area contributed by atoms with Gasteiger partial charge in [0.1, 0.15) is 16.2 Å². The van der Waals surface area contributed by atoms with Crippen molar-refractivity contribution in [3.05, 3.63) is 46.6 Å². The molecule has 3 rings (SSSR count). The first-order chi connectivity index (χ1) is 12.5. The molecule has 2 aromatic heterocycles. The van der Waals surface area contributed by atoms with Gasteiger partial charge in [0, 0.05) is 16.0 Å². The second-order valence-electron chi connectivity index (χ2n) is 6.20. The SMILES string of the molecule is CCc1ccc(NC(=O)C(CC)Sc2ncnc3sc(C)c(C)c23)cc1. The molecule has 1 unspecified atom stereocenters. The van der Waals surface area contributed by atoms with E-state index in [1.165, 1.54) is 27.8 Å². The van der Waals surface area contributed by atoms with Crippen molar-refractivity contribution in [2.75, 3.05) is 5.32 Å². The predicted molar refractivity (Wildman–Crippen MR) is 111 cm³/mol. The van der Waals surface area contributed by atoms with Gasteiger partial charge in [-0.3, -0.25) is 4.79 Å². The highest BCUT2D eigenvalue weighted by molar-refractivity contribution is 8.00. The van der Waals surface area contributed by atoms with Crippen LogP contribution in [0.1, 0.15) is 36.3 Å². The van der Waals surface area contributed by atoms with Gasteiger partial charge in [0.15, 0.2) is 0 Å². The number of hydrogen-bond acceptors (Lipinski definition) is 5. The minimum Gasteiger partial charge on any atom is -0.325 e. The van der Waals surface area contributed by atoms with Crippen molar-refractivity contribution < 1.29 is 4.79 Å². The molecule has 4 nitrogen and oxygen atoms in total. The number of thioether (sulfide) groups is 1. The van der Waals surface area contributed by atoms with Gasteiger partial charge in [-0.05, 0) is 49.9 Å². The molecule has 2 heterocycles. The average Bonchev–Trinajstić information content (AvgIpc) is 2.95. The Morgan fingerprint density at radius 3 is 2.58 bits per heavy atom. The highest BCUT2D eigenvalue weighted by Gasteiger charge is 2.22. The average molecular weight is 386 g/mol. The van der Waals surface area contributed by atoms with E-state index in [1.54, 1.807) is 17.7 Å². The lowest BCUT2D eigenvalue weighted by Gasteiger charge is -2.15. The second kappa shape index (κ2) is 8.18. The number of anilines is 1. The van der Waals surface area contributed by atoms with Gasteiger partial charge in [0.05, 0.1) is 5.25 Å². The number of nitrogens with one attached hydrogen (secondary N) is 1. The van der Waals surface area contributed by atoms with E-state index < -0.39 is 0 Å². The molecule has 0 saturated heterocycles. The van der Waals surface area contributed by atoms with E-state index in [9.17, 15) is 4.79 Å². The summed E-state index contributed by atoms with van der Waals surface area (Å²) in [6.45, 7) is 8.34. The van der Waals surface area contributed by atoms with Crippen molar-refractivity contribution in [3.63, 3.8) is 0 Å². The normalized spacial score (nSPS) is 12.3. The molecule has 1 atom stereocenters. The summed E-state index contributed by atoms with van der Waals surface area (Å²) in [4.78, 5) is 23.8. The third-order valence-corrected chi connectivity index (χ3v) is 6.96. The van der Waals surface area contributed by atoms with E-state index >= 15 is 0 Å². The van der Waals surface area contributed by atoms with Crippen molar-refractivity contribution in [1.82, 2.24) is 9.97 Å². The number of fused-ring (bicyclic) bond motifs is 1. The van der Waals surface area contributed by atoms with E-state index in [1.807, 2.05) is 19.1 Å². The van der Waals surface area contributed by atoms with Crippen LogP contribution in [0.15, 0.2) is 35.6 Å². The Hall–Kier alpha value is -1.92. The summed E-state index contributed by atoms with van der Waals surface area (Å²) in [6.07, 6.45) is 3.32. The van der Waals surface area contributed by atoms with E-state index in [0.717, 1.165) is 33.8 Å². The molecule has 0 bridgehead atoms. The van der Waals surface area contributed by atoms with Crippen molar-refractivity contribution in [3.8, 4) is 0 Å². The minimum atomic E-state index is -0.196. The van der Waals surface area contributed by atoms with Crippen LogP contribution in [0.5, 0.6) is 0 Å². The fraction of sp³-hybridized carbons (Fsp3) is 0.350. The van der Waals surface area contributed by atoms with E-state index in [0.29, 0.717) is 0 Å². The van der Waals surface area contributed by atoms with Crippen molar-refractivity contribution in [2.45, 2.75) is 50.8 Å². The van der Waals surface area contributed by atoms with Crippen LogP contribution in [0.4, 0.5) is 5.69 Å². The molecule has 1 amide bonds. The smallest absolute Gasteiger partial charge is 0.237 e. The lowest BCUT2D eigenvalue weighted by atomic mass is 10.1. The fourth-order valence-electron chi connectivity index (χ4n) is 2.74. The summed E-state index contributed by atoms with van der Waals surface area (Å²) >= 11 is 3.20. The molecule has 0 aliphatic rings. The van der Waals surface area contributed by atoms with E-state index in [-0.39, 0.29) is 11.2 Å². The number of amides is 1. The lowest BCUT2D eigenvalue weighted by Crippen LogP contribution is -2.24. The Morgan fingerprint density at radius 1 is 1.19 bits per heavy atom. The number of nitrogens with zero attached hydrogens (tertiary/aromatic N) is 2. The number of hydrogen-bond donors (Lipinski definition) is 1. The van der Waals surface area contributed by atoms with E-state index in [2.05, 4.69) is 48.2 Å². The number of carbonyl (C=O) groups excluding carboxylic acids is 1. The van der Waals surface area contributed by atoms with Gasteiger partial charge >= 0.3 is 0 Å². The summed E-state index contributed by atoms with van der Waals surface area (Å²) in [5, 5.41) is 4.81.